The molecule has 1 aromatic carbocycles. The number of benzene rings is 1. The molecule has 5 rings (SSSR count). The predicted octanol–water partition coefficient (Wildman–Crippen LogP) is 6.74. The van der Waals surface area contributed by atoms with Gasteiger partial charge in [0.25, 0.3) is 0 Å². The van der Waals surface area contributed by atoms with E-state index in [1.54, 1.807) is 11.8 Å². The fourth-order valence-electron chi connectivity index (χ4n) is 6.93. The molecule has 1 unspecified atom stereocenters. The van der Waals surface area contributed by atoms with Gasteiger partial charge in [0.1, 0.15) is 5.82 Å². The number of aryl methyl sites for hydroxylation is 2. The van der Waals surface area contributed by atoms with E-state index in [1.807, 2.05) is 13.1 Å². The van der Waals surface area contributed by atoms with Crippen LogP contribution >= 0.6 is 0 Å². The second kappa shape index (κ2) is 13.7. The lowest BCUT2D eigenvalue weighted by Gasteiger charge is -2.39. The molecule has 0 bridgehead atoms. The molecule has 8 nitrogen and oxygen atoms in total. The zero-order chi connectivity index (χ0) is 31.3. The lowest BCUT2D eigenvalue weighted by Crippen LogP contribution is -2.34. The van der Waals surface area contributed by atoms with Crippen molar-refractivity contribution in [1.82, 2.24) is 14.8 Å². The molecular formula is C36H50N4O4. The SMILES string of the molecule is COCC1(c2cc(C(CC(=O)O)Cc3cc(OCCc4ccc5c(n4)NCCC5)n(C)n3)cc(C(C)(C)C)c2)CCCCC1. The van der Waals surface area contributed by atoms with E-state index in [0.29, 0.717) is 31.9 Å². The highest BCUT2D eigenvalue weighted by Crippen LogP contribution is 2.43. The van der Waals surface area contributed by atoms with Gasteiger partial charge in [0.2, 0.25) is 5.88 Å². The van der Waals surface area contributed by atoms with Gasteiger partial charge in [-0.25, -0.2) is 9.67 Å². The first-order valence-corrected chi connectivity index (χ1v) is 16.3. The van der Waals surface area contributed by atoms with Gasteiger partial charge in [-0.1, -0.05) is 64.3 Å². The van der Waals surface area contributed by atoms with Gasteiger partial charge in [-0.15, -0.1) is 0 Å². The van der Waals surface area contributed by atoms with Crippen LogP contribution in [0.25, 0.3) is 0 Å². The molecule has 2 aliphatic rings. The van der Waals surface area contributed by atoms with Crippen molar-refractivity contribution in [2.24, 2.45) is 7.05 Å². The van der Waals surface area contributed by atoms with Crippen molar-refractivity contribution in [3.63, 3.8) is 0 Å². The van der Waals surface area contributed by atoms with Gasteiger partial charge in [-0.05, 0) is 71.8 Å². The number of ether oxygens (including phenoxy) is 2. The number of carbonyl (C=O) groups is 1. The van der Waals surface area contributed by atoms with E-state index in [4.69, 9.17) is 19.6 Å². The molecule has 1 aliphatic heterocycles. The van der Waals surface area contributed by atoms with Crippen LogP contribution in [0.2, 0.25) is 0 Å². The van der Waals surface area contributed by atoms with Gasteiger partial charge in [0.15, 0.2) is 0 Å². The molecule has 2 N–H and O–H groups in total. The van der Waals surface area contributed by atoms with Gasteiger partial charge < -0.3 is 19.9 Å². The molecule has 0 spiro atoms. The van der Waals surface area contributed by atoms with Crippen molar-refractivity contribution in [3.8, 4) is 5.88 Å². The number of aliphatic carboxylic acids is 1. The maximum Gasteiger partial charge on any atom is 0.303 e. The third-order valence-corrected chi connectivity index (χ3v) is 9.46. The van der Waals surface area contributed by atoms with Gasteiger partial charge in [-0.2, -0.15) is 5.10 Å². The lowest BCUT2D eigenvalue weighted by molar-refractivity contribution is -0.137. The van der Waals surface area contributed by atoms with E-state index in [1.165, 1.54) is 36.0 Å². The fourth-order valence-corrected chi connectivity index (χ4v) is 6.93. The average Bonchev–Trinajstić information content (AvgIpc) is 3.34. The van der Waals surface area contributed by atoms with Crippen LogP contribution in [0.15, 0.2) is 36.4 Å². The zero-order valence-electron chi connectivity index (χ0n) is 27.2. The third kappa shape index (κ3) is 7.63. The smallest absolute Gasteiger partial charge is 0.303 e. The molecule has 238 valence electrons. The largest absolute Gasteiger partial charge is 0.481 e. The third-order valence-electron chi connectivity index (χ3n) is 9.46. The maximum atomic E-state index is 12.2. The Labute approximate surface area is 262 Å². The highest BCUT2D eigenvalue weighted by Gasteiger charge is 2.36. The minimum absolute atomic E-state index is 0.0359. The summed E-state index contributed by atoms with van der Waals surface area (Å²) in [6.07, 6.45) is 9.29. The summed E-state index contributed by atoms with van der Waals surface area (Å²) >= 11 is 0. The minimum Gasteiger partial charge on any atom is -0.481 e. The highest BCUT2D eigenvalue weighted by molar-refractivity contribution is 5.68. The molecule has 8 heteroatoms. The van der Waals surface area contributed by atoms with Gasteiger partial charge in [0.05, 0.1) is 25.3 Å². The molecule has 1 aliphatic carbocycles. The van der Waals surface area contributed by atoms with Crippen LogP contribution in [0.3, 0.4) is 0 Å². The second-order valence-corrected chi connectivity index (χ2v) is 13.9. The Kier molecular flexibility index (Phi) is 9.98. The number of pyridine rings is 1. The van der Waals surface area contributed by atoms with Crippen LogP contribution in [0, 0.1) is 0 Å². The number of fused-ring (bicyclic) bond motifs is 1. The minimum atomic E-state index is -0.804. The molecule has 2 aromatic heterocycles. The molecule has 44 heavy (non-hydrogen) atoms. The van der Waals surface area contributed by atoms with Crippen molar-refractivity contribution in [2.45, 2.75) is 102 Å². The summed E-state index contributed by atoms with van der Waals surface area (Å²) in [5.41, 5.74) is 6.59. The number of aromatic nitrogens is 3. The number of carboxylic acids is 1. The Balaban J connectivity index is 1.36. The monoisotopic (exact) mass is 602 g/mol. The molecule has 3 heterocycles. The Bertz CT molecular complexity index is 1430. The van der Waals surface area contributed by atoms with Crippen LogP contribution in [-0.2, 0) is 46.7 Å². The first-order valence-electron chi connectivity index (χ1n) is 16.3. The van der Waals surface area contributed by atoms with Crippen molar-refractivity contribution in [2.75, 3.05) is 32.2 Å². The summed E-state index contributed by atoms with van der Waals surface area (Å²) in [6.45, 7) is 8.82. The standard InChI is InChI=1S/C36H50N4O4/c1-35(2,3)28-18-26(19-29(22-28)36(24-43-5)14-7-6-8-15-36)27(21-33(41)42)20-31-23-32(40(4)39-31)44-17-13-30-12-11-25-10-9-16-37-34(25)38-30/h11-12,18-19,22-23,27H,6-10,13-17,20-21,24H2,1-5H3,(H,37,38)(H,41,42). The summed E-state index contributed by atoms with van der Waals surface area (Å²) in [5.74, 6) is 0.653. The molecule has 0 amide bonds. The first kappa shape index (κ1) is 32.0. The molecule has 0 radical (unpaired) electrons. The average molecular weight is 603 g/mol. The van der Waals surface area contributed by atoms with Crippen LogP contribution in [-0.4, -0.2) is 52.7 Å². The Morgan fingerprint density at radius 3 is 2.61 bits per heavy atom. The second-order valence-electron chi connectivity index (χ2n) is 13.9. The van der Waals surface area contributed by atoms with Gasteiger partial charge >= 0.3 is 5.97 Å². The van der Waals surface area contributed by atoms with Crippen molar-refractivity contribution in [3.05, 3.63) is 70.0 Å². The fraction of sp³-hybridized carbons (Fsp3) is 0.583. The quantitative estimate of drug-likeness (QED) is 0.237. The number of nitrogens with zero attached hydrogens (tertiary/aromatic N) is 3. The van der Waals surface area contributed by atoms with Gasteiger partial charge in [-0.3, -0.25) is 4.79 Å². The van der Waals surface area contributed by atoms with E-state index in [9.17, 15) is 9.90 Å². The number of hydrogen-bond acceptors (Lipinski definition) is 6. The van der Waals surface area contributed by atoms with Crippen LogP contribution in [0.4, 0.5) is 5.82 Å². The summed E-state index contributed by atoms with van der Waals surface area (Å²) in [4.78, 5) is 16.9. The Morgan fingerprint density at radius 2 is 1.89 bits per heavy atom. The van der Waals surface area contributed by atoms with E-state index in [-0.39, 0.29) is 23.2 Å². The molecule has 1 atom stereocenters. The highest BCUT2D eigenvalue weighted by atomic mass is 16.5. The zero-order valence-corrected chi connectivity index (χ0v) is 27.2. The van der Waals surface area contributed by atoms with Crippen molar-refractivity contribution < 1.29 is 19.4 Å². The topological polar surface area (TPSA) is 98.5 Å². The number of anilines is 1. The van der Waals surface area contributed by atoms with Crippen LogP contribution in [0.5, 0.6) is 5.88 Å². The van der Waals surface area contributed by atoms with Crippen molar-refractivity contribution >= 4 is 11.8 Å². The normalized spacial score (nSPS) is 17.0. The molecule has 1 fully saturated rings. The number of nitrogens with one attached hydrogen (secondary N) is 1. The number of rotatable bonds is 12. The first-order chi connectivity index (χ1) is 21.1. The maximum absolute atomic E-state index is 12.2. The summed E-state index contributed by atoms with van der Waals surface area (Å²) in [7, 11) is 3.67. The number of methoxy groups -OCH3 is 1. The van der Waals surface area contributed by atoms with E-state index in [2.05, 4.69) is 56.4 Å². The Morgan fingerprint density at radius 1 is 1.09 bits per heavy atom. The summed E-state index contributed by atoms with van der Waals surface area (Å²) in [6, 6.07) is 13.1. The van der Waals surface area contributed by atoms with E-state index < -0.39 is 5.97 Å². The Hall–Kier alpha value is -3.39. The predicted molar refractivity (Wildman–Crippen MR) is 174 cm³/mol. The molecule has 0 saturated heterocycles. The summed E-state index contributed by atoms with van der Waals surface area (Å²) < 4.78 is 13.7. The number of hydrogen-bond donors (Lipinski definition) is 2. The summed E-state index contributed by atoms with van der Waals surface area (Å²) in [5, 5.41) is 18.1. The van der Waals surface area contributed by atoms with Crippen LogP contribution in [0.1, 0.15) is 105 Å². The van der Waals surface area contributed by atoms with E-state index >= 15 is 0 Å². The van der Waals surface area contributed by atoms with E-state index in [0.717, 1.165) is 55.0 Å². The number of carboxylic acid groups (broad SMARTS) is 1. The molecule has 3 aromatic rings. The molecule has 1 saturated carbocycles. The lowest BCUT2D eigenvalue weighted by atomic mass is 9.68. The molecular weight excluding hydrogens is 552 g/mol. The van der Waals surface area contributed by atoms with Crippen LogP contribution < -0.4 is 10.1 Å². The van der Waals surface area contributed by atoms with Crippen molar-refractivity contribution in [1.29, 1.82) is 0 Å². The van der Waals surface area contributed by atoms with Gasteiger partial charge in [0, 0.05) is 44.3 Å².